The summed E-state index contributed by atoms with van der Waals surface area (Å²) in [6.45, 7) is 13.2. The van der Waals surface area contributed by atoms with E-state index in [4.69, 9.17) is 0 Å². The summed E-state index contributed by atoms with van der Waals surface area (Å²) < 4.78 is 12.6. The van der Waals surface area contributed by atoms with Crippen molar-refractivity contribution >= 4 is 10.8 Å². The van der Waals surface area contributed by atoms with Gasteiger partial charge in [0, 0.05) is 4.90 Å². The van der Waals surface area contributed by atoms with E-state index in [0.29, 0.717) is 5.75 Å². The Kier molecular flexibility index (Phi) is 5.15. The third kappa shape index (κ3) is 4.78. The molecule has 1 atom stereocenters. The second-order valence-corrected chi connectivity index (χ2v) is 9.66. The molecular formula is C21H28OS. The molecule has 0 radical (unpaired) electrons. The van der Waals surface area contributed by atoms with Crippen LogP contribution in [-0.2, 0) is 27.4 Å². The second kappa shape index (κ2) is 6.60. The molecule has 23 heavy (non-hydrogen) atoms. The molecule has 2 heteroatoms. The maximum atomic E-state index is 12.6. The van der Waals surface area contributed by atoms with E-state index in [0.717, 1.165) is 10.5 Å². The molecule has 0 heterocycles. The number of rotatable bonds is 3. The van der Waals surface area contributed by atoms with Crippen LogP contribution in [0.1, 0.15) is 58.2 Å². The van der Waals surface area contributed by atoms with Gasteiger partial charge in [-0.2, -0.15) is 0 Å². The summed E-state index contributed by atoms with van der Waals surface area (Å²) in [6.07, 6.45) is 0. The fraction of sp³-hybridized carbons (Fsp3) is 0.429. The molecule has 1 unspecified atom stereocenters. The van der Waals surface area contributed by atoms with E-state index in [1.165, 1.54) is 11.1 Å². The molecule has 1 nitrogen and oxygen atoms in total. The number of hydrogen-bond acceptors (Lipinski definition) is 1. The van der Waals surface area contributed by atoms with Crippen molar-refractivity contribution in [1.82, 2.24) is 0 Å². The topological polar surface area (TPSA) is 17.1 Å². The van der Waals surface area contributed by atoms with E-state index >= 15 is 0 Å². The molecule has 0 bridgehead atoms. The minimum absolute atomic E-state index is 0.128. The zero-order chi connectivity index (χ0) is 17.3. The van der Waals surface area contributed by atoms with Gasteiger partial charge in [0.05, 0.1) is 16.6 Å². The predicted octanol–water partition coefficient (Wildman–Crippen LogP) is 5.59. The Bertz CT molecular complexity index is 668. The fourth-order valence-corrected chi connectivity index (χ4v) is 3.54. The zero-order valence-electron chi connectivity index (χ0n) is 15.1. The van der Waals surface area contributed by atoms with Crippen LogP contribution < -0.4 is 0 Å². The molecule has 0 spiro atoms. The minimum Gasteiger partial charge on any atom is -0.254 e. The third-order valence-corrected chi connectivity index (χ3v) is 5.49. The highest BCUT2D eigenvalue weighted by atomic mass is 32.2. The van der Waals surface area contributed by atoms with Gasteiger partial charge in [-0.25, -0.2) is 0 Å². The van der Waals surface area contributed by atoms with Crippen molar-refractivity contribution in [2.45, 2.75) is 63.0 Å². The van der Waals surface area contributed by atoms with Gasteiger partial charge in [0.2, 0.25) is 0 Å². The van der Waals surface area contributed by atoms with Gasteiger partial charge in [-0.3, -0.25) is 4.21 Å². The molecule has 2 aromatic carbocycles. The standard InChI is InChI=1S/C21H28OS/c1-20(2,3)17-9-7-16(8-10-17)15-23(22)19-13-11-18(12-14-19)21(4,5)6/h7-14H,15H2,1-6H3. The molecule has 2 aromatic rings. The Morgan fingerprint density at radius 1 is 0.696 bits per heavy atom. The minimum atomic E-state index is -0.997. The van der Waals surface area contributed by atoms with E-state index in [2.05, 4.69) is 77.9 Å². The molecule has 124 valence electrons. The van der Waals surface area contributed by atoms with E-state index < -0.39 is 10.8 Å². The van der Waals surface area contributed by atoms with Crippen molar-refractivity contribution in [1.29, 1.82) is 0 Å². The molecule has 0 aromatic heterocycles. The van der Waals surface area contributed by atoms with E-state index in [9.17, 15) is 4.21 Å². The Labute approximate surface area is 143 Å². The van der Waals surface area contributed by atoms with Crippen LogP contribution in [0, 0.1) is 0 Å². The highest BCUT2D eigenvalue weighted by Crippen LogP contribution is 2.25. The highest BCUT2D eigenvalue weighted by Gasteiger charge is 2.15. The van der Waals surface area contributed by atoms with Crippen LogP contribution in [0.3, 0.4) is 0 Å². The first-order valence-corrected chi connectivity index (χ1v) is 9.47. The summed E-state index contributed by atoms with van der Waals surface area (Å²) in [7, 11) is -0.997. The summed E-state index contributed by atoms with van der Waals surface area (Å²) >= 11 is 0. The first-order valence-electron chi connectivity index (χ1n) is 8.16. The molecule has 0 saturated carbocycles. The van der Waals surface area contributed by atoms with Crippen molar-refractivity contribution in [3.05, 3.63) is 65.2 Å². The maximum Gasteiger partial charge on any atom is 0.0574 e. The summed E-state index contributed by atoms with van der Waals surface area (Å²) in [5.41, 5.74) is 3.98. The van der Waals surface area contributed by atoms with Crippen molar-refractivity contribution in [3.8, 4) is 0 Å². The van der Waals surface area contributed by atoms with Crippen molar-refractivity contribution in [3.63, 3.8) is 0 Å². The fourth-order valence-electron chi connectivity index (χ4n) is 2.44. The van der Waals surface area contributed by atoms with Crippen LogP contribution in [0.15, 0.2) is 53.4 Å². The van der Waals surface area contributed by atoms with Crippen LogP contribution in [0.5, 0.6) is 0 Å². The lowest BCUT2D eigenvalue weighted by Crippen LogP contribution is -2.11. The molecule has 0 N–H and O–H groups in total. The largest absolute Gasteiger partial charge is 0.254 e. The van der Waals surface area contributed by atoms with Crippen molar-refractivity contribution in [2.24, 2.45) is 0 Å². The molecule has 0 aliphatic rings. The molecular weight excluding hydrogens is 300 g/mol. The van der Waals surface area contributed by atoms with E-state index in [1.807, 2.05) is 12.1 Å². The average molecular weight is 329 g/mol. The Morgan fingerprint density at radius 2 is 1.09 bits per heavy atom. The van der Waals surface area contributed by atoms with Gasteiger partial charge < -0.3 is 0 Å². The van der Waals surface area contributed by atoms with E-state index in [-0.39, 0.29) is 10.8 Å². The monoisotopic (exact) mass is 328 g/mol. The van der Waals surface area contributed by atoms with Crippen LogP contribution in [0.25, 0.3) is 0 Å². The molecule has 0 fully saturated rings. The lowest BCUT2D eigenvalue weighted by atomic mass is 9.87. The van der Waals surface area contributed by atoms with Gasteiger partial charge in [-0.1, -0.05) is 77.9 Å². The Balaban J connectivity index is 2.10. The molecule has 0 amide bonds. The van der Waals surface area contributed by atoms with Gasteiger partial charge in [0.1, 0.15) is 0 Å². The quantitative estimate of drug-likeness (QED) is 0.718. The molecule has 0 saturated heterocycles. The van der Waals surface area contributed by atoms with Crippen LogP contribution in [-0.4, -0.2) is 4.21 Å². The van der Waals surface area contributed by atoms with Gasteiger partial charge in [0.15, 0.2) is 0 Å². The summed E-state index contributed by atoms with van der Waals surface area (Å²) in [5.74, 6) is 0.569. The first kappa shape index (κ1) is 17.9. The average Bonchev–Trinajstić information content (AvgIpc) is 2.46. The summed E-state index contributed by atoms with van der Waals surface area (Å²) in [4.78, 5) is 0.901. The maximum absolute atomic E-state index is 12.6. The van der Waals surface area contributed by atoms with Crippen LogP contribution in [0.4, 0.5) is 0 Å². The Hall–Kier alpha value is -1.41. The Morgan fingerprint density at radius 3 is 1.48 bits per heavy atom. The lowest BCUT2D eigenvalue weighted by Gasteiger charge is -2.19. The molecule has 0 aliphatic carbocycles. The first-order chi connectivity index (χ1) is 10.6. The summed E-state index contributed by atoms with van der Waals surface area (Å²) in [5, 5.41) is 0. The molecule has 2 rings (SSSR count). The van der Waals surface area contributed by atoms with Crippen molar-refractivity contribution in [2.75, 3.05) is 0 Å². The van der Waals surface area contributed by atoms with Gasteiger partial charge in [0.25, 0.3) is 0 Å². The number of hydrogen-bond donors (Lipinski definition) is 0. The van der Waals surface area contributed by atoms with Crippen molar-refractivity contribution < 1.29 is 4.21 Å². The van der Waals surface area contributed by atoms with Crippen LogP contribution in [0.2, 0.25) is 0 Å². The van der Waals surface area contributed by atoms with Crippen LogP contribution >= 0.6 is 0 Å². The van der Waals surface area contributed by atoms with Gasteiger partial charge >= 0.3 is 0 Å². The number of benzene rings is 2. The van der Waals surface area contributed by atoms with Gasteiger partial charge in [-0.05, 0) is 39.7 Å². The van der Waals surface area contributed by atoms with Gasteiger partial charge in [-0.15, -0.1) is 0 Å². The van der Waals surface area contributed by atoms with E-state index in [1.54, 1.807) is 0 Å². The third-order valence-electron chi connectivity index (χ3n) is 4.10. The molecule has 0 aliphatic heterocycles. The zero-order valence-corrected chi connectivity index (χ0v) is 16.0. The lowest BCUT2D eigenvalue weighted by molar-refractivity contribution is 0.589. The predicted molar refractivity (Wildman–Crippen MR) is 100 cm³/mol. The SMILES string of the molecule is CC(C)(C)c1ccc(CS(=O)c2ccc(C(C)(C)C)cc2)cc1. The second-order valence-electron chi connectivity index (χ2n) is 8.21. The highest BCUT2D eigenvalue weighted by molar-refractivity contribution is 7.84. The normalized spacial score (nSPS) is 13.8. The smallest absolute Gasteiger partial charge is 0.0574 e. The summed E-state index contributed by atoms with van der Waals surface area (Å²) in [6, 6.07) is 16.7.